The summed E-state index contributed by atoms with van der Waals surface area (Å²) in [5, 5.41) is 13.7. The molecule has 7 nitrogen and oxygen atoms in total. The maximum absolute atomic E-state index is 13.1. The molecule has 0 aliphatic carbocycles. The van der Waals surface area contributed by atoms with E-state index >= 15 is 0 Å². The van der Waals surface area contributed by atoms with Crippen LogP contribution in [-0.2, 0) is 20.7 Å². The number of carbonyl (C=O) groups excluding carboxylic acids is 2. The Kier molecular flexibility index (Phi) is 6.49. The Labute approximate surface area is 171 Å². The molecule has 0 aliphatic rings. The van der Waals surface area contributed by atoms with Crippen LogP contribution in [0.2, 0.25) is 0 Å². The molecule has 0 aliphatic heterocycles. The zero-order chi connectivity index (χ0) is 21.5. The van der Waals surface area contributed by atoms with Gasteiger partial charge in [0, 0.05) is 22.9 Å². The molecule has 0 saturated carbocycles. The minimum absolute atomic E-state index is 0.179. The van der Waals surface area contributed by atoms with Crippen molar-refractivity contribution in [3.05, 3.63) is 106 Å². The largest absolute Gasteiger partial charge is 0.447 e. The van der Waals surface area contributed by atoms with Gasteiger partial charge in [-0.05, 0) is 24.3 Å². The third-order valence-electron chi connectivity index (χ3n) is 4.22. The summed E-state index contributed by atoms with van der Waals surface area (Å²) >= 11 is 0. The van der Waals surface area contributed by atoms with Crippen molar-refractivity contribution in [1.82, 2.24) is 0 Å². The smallest absolute Gasteiger partial charge is 0.311 e. The van der Waals surface area contributed by atoms with Crippen LogP contribution in [0, 0.1) is 15.9 Å². The van der Waals surface area contributed by atoms with E-state index in [-0.39, 0.29) is 17.7 Å². The number of para-hydroxylation sites is 1. The Hall–Kier alpha value is -4.07. The van der Waals surface area contributed by atoms with Crippen LogP contribution in [-0.4, -0.2) is 16.8 Å². The number of nitro groups is 1. The number of ether oxygens (including phenoxy) is 1. The van der Waals surface area contributed by atoms with Gasteiger partial charge in [-0.3, -0.25) is 19.7 Å². The highest BCUT2D eigenvalue weighted by molar-refractivity contribution is 5.96. The van der Waals surface area contributed by atoms with Gasteiger partial charge in [0.05, 0.1) is 11.3 Å². The van der Waals surface area contributed by atoms with Gasteiger partial charge in [0.2, 0.25) is 6.10 Å². The lowest BCUT2D eigenvalue weighted by Gasteiger charge is -2.18. The third-order valence-corrected chi connectivity index (χ3v) is 4.22. The van der Waals surface area contributed by atoms with E-state index in [0.717, 1.165) is 0 Å². The molecule has 0 aromatic heterocycles. The molecule has 3 rings (SSSR count). The number of nitro benzene ring substituents is 1. The minimum atomic E-state index is -1.29. The summed E-state index contributed by atoms with van der Waals surface area (Å²) in [5.41, 5.74) is 0.727. The van der Waals surface area contributed by atoms with Crippen molar-refractivity contribution in [1.29, 1.82) is 0 Å². The highest BCUT2D eigenvalue weighted by atomic mass is 19.1. The van der Waals surface area contributed by atoms with E-state index in [1.165, 1.54) is 42.5 Å². The van der Waals surface area contributed by atoms with Crippen molar-refractivity contribution in [2.45, 2.75) is 12.5 Å². The summed E-state index contributed by atoms with van der Waals surface area (Å²) in [7, 11) is 0. The van der Waals surface area contributed by atoms with Crippen molar-refractivity contribution in [2.75, 3.05) is 5.32 Å². The zero-order valence-corrected chi connectivity index (χ0v) is 15.7. The van der Waals surface area contributed by atoms with Gasteiger partial charge >= 0.3 is 5.97 Å². The number of anilines is 1. The molecule has 1 N–H and O–H groups in total. The summed E-state index contributed by atoms with van der Waals surface area (Å²) in [6, 6.07) is 19.3. The first kappa shape index (κ1) is 20.7. The zero-order valence-electron chi connectivity index (χ0n) is 15.7. The van der Waals surface area contributed by atoms with Gasteiger partial charge in [0.1, 0.15) is 5.82 Å². The molecule has 30 heavy (non-hydrogen) atoms. The molecule has 1 amide bonds. The lowest BCUT2D eigenvalue weighted by molar-refractivity contribution is -0.385. The number of hydrogen-bond acceptors (Lipinski definition) is 5. The molecule has 0 radical (unpaired) electrons. The Balaban J connectivity index is 1.79. The molecular weight excluding hydrogens is 391 g/mol. The van der Waals surface area contributed by atoms with Crippen LogP contribution in [0.1, 0.15) is 17.2 Å². The van der Waals surface area contributed by atoms with E-state index in [2.05, 4.69) is 5.32 Å². The molecule has 3 aromatic carbocycles. The summed E-state index contributed by atoms with van der Waals surface area (Å²) in [4.78, 5) is 35.8. The molecule has 0 fully saturated rings. The van der Waals surface area contributed by atoms with E-state index in [4.69, 9.17) is 4.74 Å². The Bertz CT molecular complexity index is 1050. The Morgan fingerprint density at radius 3 is 2.27 bits per heavy atom. The van der Waals surface area contributed by atoms with E-state index in [1.54, 1.807) is 36.4 Å². The minimum Gasteiger partial charge on any atom is -0.447 e. The van der Waals surface area contributed by atoms with Crippen molar-refractivity contribution < 1.29 is 23.6 Å². The van der Waals surface area contributed by atoms with Crippen LogP contribution >= 0.6 is 0 Å². The number of amides is 1. The van der Waals surface area contributed by atoms with Crippen molar-refractivity contribution >= 4 is 23.3 Å². The van der Waals surface area contributed by atoms with E-state index in [1.807, 2.05) is 0 Å². The predicted molar refractivity (Wildman–Crippen MR) is 107 cm³/mol. The van der Waals surface area contributed by atoms with Gasteiger partial charge in [-0.15, -0.1) is 0 Å². The predicted octanol–water partition coefficient (Wildman–Crippen LogP) is 4.20. The van der Waals surface area contributed by atoms with Crippen LogP contribution in [0.15, 0.2) is 78.9 Å². The summed E-state index contributed by atoms with van der Waals surface area (Å²) < 4.78 is 18.5. The van der Waals surface area contributed by atoms with E-state index < -0.39 is 28.7 Å². The first-order chi connectivity index (χ1) is 14.4. The number of nitrogens with zero attached hydrogens (tertiary/aromatic N) is 1. The quantitative estimate of drug-likeness (QED) is 0.359. The molecule has 152 valence electrons. The van der Waals surface area contributed by atoms with Crippen molar-refractivity contribution in [2.24, 2.45) is 0 Å². The molecule has 0 saturated heterocycles. The fourth-order valence-corrected chi connectivity index (χ4v) is 2.81. The highest BCUT2D eigenvalue weighted by Crippen LogP contribution is 2.23. The molecule has 8 heteroatoms. The first-order valence-corrected chi connectivity index (χ1v) is 8.97. The lowest BCUT2D eigenvalue weighted by Crippen LogP contribution is -2.26. The molecule has 0 bridgehead atoms. The van der Waals surface area contributed by atoms with Gasteiger partial charge in [-0.25, -0.2) is 4.39 Å². The Morgan fingerprint density at radius 1 is 0.967 bits per heavy atom. The van der Waals surface area contributed by atoms with Crippen LogP contribution in [0.5, 0.6) is 0 Å². The normalized spacial score (nSPS) is 11.4. The van der Waals surface area contributed by atoms with Gasteiger partial charge in [-0.2, -0.15) is 0 Å². The molecule has 1 unspecified atom stereocenters. The Morgan fingerprint density at radius 2 is 1.60 bits per heavy atom. The van der Waals surface area contributed by atoms with E-state index in [9.17, 15) is 24.1 Å². The number of carbonyl (C=O) groups is 2. The SMILES string of the molecule is O=C(Cc1ccccc1[N+](=O)[O-])OC(C(=O)Nc1ccc(F)cc1)c1ccccc1. The standard InChI is InChI=1S/C22H17FN2O5/c23-17-10-12-18(13-11-17)24-22(27)21(15-6-2-1-3-7-15)30-20(26)14-16-8-4-5-9-19(16)25(28)29/h1-13,21H,14H2,(H,24,27). The highest BCUT2D eigenvalue weighted by Gasteiger charge is 2.26. The average molecular weight is 408 g/mol. The van der Waals surface area contributed by atoms with Crippen LogP contribution < -0.4 is 5.32 Å². The summed E-state index contributed by atoms with van der Waals surface area (Å²) in [5.74, 6) is -1.89. The van der Waals surface area contributed by atoms with Crippen molar-refractivity contribution in [3.63, 3.8) is 0 Å². The average Bonchev–Trinajstić information content (AvgIpc) is 2.74. The number of halogens is 1. The number of hydrogen-bond donors (Lipinski definition) is 1. The molecule has 0 heterocycles. The number of nitrogens with one attached hydrogen (secondary N) is 1. The third kappa shape index (κ3) is 5.26. The molecule has 0 spiro atoms. The van der Waals surface area contributed by atoms with Gasteiger partial charge in [0.15, 0.2) is 0 Å². The monoisotopic (exact) mass is 408 g/mol. The van der Waals surface area contributed by atoms with Crippen LogP contribution in [0.3, 0.4) is 0 Å². The summed E-state index contributed by atoms with van der Waals surface area (Å²) in [6.07, 6.45) is -1.66. The molecule has 1 atom stereocenters. The van der Waals surface area contributed by atoms with Crippen molar-refractivity contribution in [3.8, 4) is 0 Å². The molecule has 3 aromatic rings. The van der Waals surface area contributed by atoms with Gasteiger partial charge < -0.3 is 10.1 Å². The number of rotatable bonds is 7. The maximum Gasteiger partial charge on any atom is 0.311 e. The molecular formula is C22H17FN2O5. The number of benzene rings is 3. The van der Waals surface area contributed by atoms with Gasteiger partial charge in [-0.1, -0.05) is 48.5 Å². The first-order valence-electron chi connectivity index (χ1n) is 8.97. The second-order valence-electron chi connectivity index (χ2n) is 6.34. The van der Waals surface area contributed by atoms with Crippen LogP contribution in [0.25, 0.3) is 0 Å². The summed E-state index contributed by atoms with van der Waals surface area (Å²) in [6.45, 7) is 0. The fourth-order valence-electron chi connectivity index (χ4n) is 2.81. The lowest BCUT2D eigenvalue weighted by atomic mass is 10.1. The topological polar surface area (TPSA) is 98.5 Å². The fraction of sp³-hybridized carbons (Fsp3) is 0.0909. The second kappa shape index (κ2) is 9.42. The maximum atomic E-state index is 13.1. The number of esters is 1. The second-order valence-corrected chi connectivity index (χ2v) is 6.34. The van der Waals surface area contributed by atoms with Gasteiger partial charge in [0.25, 0.3) is 11.6 Å². The van der Waals surface area contributed by atoms with Crippen LogP contribution in [0.4, 0.5) is 15.8 Å². The van der Waals surface area contributed by atoms with E-state index in [0.29, 0.717) is 11.3 Å².